The Hall–Kier alpha value is -2.44. The van der Waals surface area contributed by atoms with Crippen LogP contribution in [-0.2, 0) is 6.54 Å². The Morgan fingerprint density at radius 3 is 2.77 bits per heavy atom. The van der Waals surface area contributed by atoms with Crippen molar-refractivity contribution in [2.24, 2.45) is 4.99 Å². The third kappa shape index (κ3) is 6.46. The van der Waals surface area contributed by atoms with Gasteiger partial charge in [0, 0.05) is 37.6 Å². The molecule has 0 saturated heterocycles. The Kier molecular flexibility index (Phi) is 8.59. The normalized spacial score (nSPS) is 11.3. The standard InChI is InChI=1S/C20H27N3O3/c1-26-19-9-6-7-17(20(19)25)15-21-10-4-5-12-23(13-14-24)16-18-8-2-3-11-22-18/h2-3,6-9,11,15,24-25H,4-5,10,12-14,16H2,1H3. The molecule has 26 heavy (non-hydrogen) atoms. The van der Waals surface area contributed by atoms with Gasteiger partial charge in [0.2, 0.25) is 0 Å². The number of nitrogens with zero attached hydrogens (tertiary/aromatic N) is 3. The molecule has 2 aromatic rings. The maximum absolute atomic E-state index is 10.0. The number of phenolic OH excluding ortho intramolecular Hbond substituents is 1. The number of hydrogen-bond acceptors (Lipinski definition) is 6. The number of rotatable bonds is 11. The van der Waals surface area contributed by atoms with E-state index in [1.165, 1.54) is 7.11 Å². The van der Waals surface area contributed by atoms with Crippen molar-refractivity contribution in [1.82, 2.24) is 9.88 Å². The van der Waals surface area contributed by atoms with Crippen molar-refractivity contribution in [2.45, 2.75) is 19.4 Å². The molecule has 0 aliphatic rings. The van der Waals surface area contributed by atoms with Gasteiger partial charge in [-0.25, -0.2) is 0 Å². The molecule has 0 aliphatic heterocycles. The molecule has 6 nitrogen and oxygen atoms in total. The van der Waals surface area contributed by atoms with Gasteiger partial charge in [-0.15, -0.1) is 0 Å². The zero-order chi connectivity index (χ0) is 18.6. The topological polar surface area (TPSA) is 78.2 Å². The molecule has 2 N–H and O–H groups in total. The van der Waals surface area contributed by atoms with Gasteiger partial charge in [-0.2, -0.15) is 0 Å². The molecule has 0 spiro atoms. The molecule has 140 valence electrons. The molecule has 0 atom stereocenters. The fourth-order valence-electron chi connectivity index (χ4n) is 2.64. The van der Waals surface area contributed by atoms with Crippen molar-refractivity contribution < 1.29 is 14.9 Å². The van der Waals surface area contributed by atoms with Crippen LogP contribution < -0.4 is 4.74 Å². The zero-order valence-corrected chi connectivity index (χ0v) is 15.2. The first kappa shape index (κ1) is 19.9. The van der Waals surface area contributed by atoms with E-state index in [1.807, 2.05) is 24.3 Å². The van der Waals surface area contributed by atoms with Crippen molar-refractivity contribution in [3.63, 3.8) is 0 Å². The minimum Gasteiger partial charge on any atom is -0.504 e. The quantitative estimate of drug-likeness (QED) is 0.477. The lowest BCUT2D eigenvalue weighted by Gasteiger charge is -2.20. The predicted octanol–water partition coefficient (Wildman–Crippen LogP) is 2.49. The number of aromatic nitrogens is 1. The number of aliphatic hydroxyl groups is 1. The summed E-state index contributed by atoms with van der Waals surface area (Å²) < 4.78 is 5.09. The summed E-state index contributed by atoms with van der Waals surface area (Å²) >= 11 is 0. The first-order chi connectivity index (χ1) is 12.7. The van der Waals surface area contributed by atoms with Crippen molar-refractivity contribution in [1.29, 1.82) is 0 Å². The van der Waals surface area contributed by atoms with E-state index in [1.54, 1.807) is 24.5 Å². The predicted molar refractivity (Wildman–Crippen MR) is 103 cm³/mol. The maximum Gasteiger partial charge on any atom is 0.166 e. The van der Waals surface area contributed by atoms with E-state index in [9.17, 15) is 10.2 Å². The highest BCUT2D eigenvalue weighted by Gasteiger charge is 2.06. The average Bonchev–Trinajstić information content (AvgIpc) is 2.66. The number of unbranched alkanes of at least 4 members (excludes halogenated alkanes) is 1. The molecule has 1 heterocycles. The molecule has 0 aliphatic carbocycles. The Balaban J connectivity index is 1.74. The number of ether oxygens (including phenoxy) is 1. The van der Waals surface area contributed by atoms with Crippen molar-refractivity contribution >= 4 is 6.21 Å². The Morgan fingerprint density at radius 2 is 2.04 bits per heavy atom. The molecule has 6 heteroatoms. The lowest BCUT2D eigenvalue weighted by atomic mass is 10.2. The molecule has 0 unspecified atom stereocenters. The van der Waals surface area contributed by atoms with Crippen LogP contribution in [0.25, 0.3) is 0 Å². The van der Waals surface area contributed by atoms with Crippen LogP contribution >= 0.6 is 0 Å². The SMILES string of the molecule is COc1cccc(C=NCCCCN(CCO)Cc2ccccn2)c1O. The largest absolute Gasteiger partial charge is 0.504 e. The van der Waals surface area contributed by atoms with E-state index in [2.05, 4.69) is 14.9 Å². The monoisotopic (exact) mass is 357 g/mol. The molecule has 2 rings (SSSR count). The minimum absolute atomic E-state index is 0.114. The van der Waals surface area contributed by atoms with Crippen LogP contribution in [0.4, 0.5) is 0 Å². The van der Waals surface area contributed by atoms with Crippen LogP contribution in [0, 0.1) is 0 Å². The summed E-state index contributed by atoms with van der Waals surface area (Å²) in [6.07, 6.45) is 5.38. The summed E-state index contributed by atoms with van der Waals surface area (Å²) in [4.78, 5) is 10.9. The van der Waals surface area contributed by atoms with E-state index in [4.69, 9.17) is 4.74 Å². The number of benzene rings is 1. The van der Waals surface area contributed by atoms with E-state index in [0.717, 1.165) is 31.6 Å². The zero-order valence-electron chi connectivity index (χ0n) is 15.2. The van der Waals surface area contributed by atoms with Gasteiger partial charge in [0.15, 0.2) is 11.5 Å². The number of para-hydroxylation sites is 1. The van der Waals surface area contributed by atoms with Crippen LogP contribution in [0.1, 0.15) is 24.1 Å². The number of aliphatic hydroxyl groups excluding tert-OH is 1. The fraction of sp³-hybridized carbons (Fsp3) is 0.400. The summed E-state index contributed by atoms with van der Waals surface area (Å²) in [6, 6.07) is 11.2. The van der Waals surface area contributed by atoms with Crippen LogP contribution in [0.5, 0.6) is 11.5 Å². The van der Waals surface area contributed by atoms with Gasteiger partial charge >= 0.3 is 0 Å². The van der Waals surface area contributed by atoms with Gasteiger partial charge in [0.25, 0.3) is 0 Å². The van der Waals surface area contributed by atoms with Crippen LogP contribution in [0.2, 0.25) is 0 Å². The minimum atomic E-state index is 0.114. The second-order valence-corrected chi connectivity index (χ2v) is 5.96. The fourth-order valence-corrected chi connectivity index (χ4v) is 2.64. The van der Waals surface area contributed by atoms with E-state index in [-0.39, 0.29) is 12.4 Å². The number of aromatic hydroxyl groups is 1. The van der Waals surface area contributed by atoms with Gasteiger partial charge < -0.3 is 14.9 Å². The number of aliphatic imine (C=N–C) groups is 1. The first-order valence-corrected chi connectivity index (χ1v) is 8.83. The van der Waals surface area contributed by atoms with E-state index < -0.39 is 0 Å². The Morgan fingerprint density at radius 1 is 1.15 bits per heavy atom. The molecule has 1 aromatic carbocycles. The lowest BCUT2D eigenvalue weighted by Crippen LogP contribution is -2.28. The second-order valence-electron chi connectivity index (χ2n) is 5.96. The number of methoxy groups -OCH3 is 1. The molecule has 1 aromatic heterocycles. The molecule has 0 fully saturated rings. The van der Waals surface area contributed by atoms with Gasteiger partial charge in [0.05, 0.1) is 19.4 Å². The van der Waals surface area contributed by atoms with Crippen LogP contribution in [0.3, 0.4) is 0 Å². The van der Waals surface area contributed by atoms with Gasteiger partial charge in [-0.05, 0) is 43.7 Å². The van der Waals surface area contributed by atoms with E-state index in [0.29, 0.717) is 24.4 Å². The van der Waals surface area contributed by atoms with Crippen LogP contribution in [-0.4, -0.2) is 59.7 Å². The summed E-state index contributed by atoms with van der Waals surface area (Å²) in [5.41, 5.74) is 1.66. The number of hydrogen-bond donors (Lipinski definition) is 2. The highest BCUT2D eigenvalue weighted by Crippen LogP contribution is 2.27. The Bertz CT molecular complexity index is 677. The smallest absolute Gasteiger partial charge is 0.166 e. The Labute approximate surface area is 154 Å². The number of pyridine rings is 1. The maximum atomic E-state index is 10.0. The van der Waals surface area contributed by atoms with Crippen molar-refractivity contribution in [2.75, 3.05) is 33.4 Å². The summed E-state index contributed by atoms with van der Waals surface area (Å²) in [5.74, 6) is 0.561. The highest BCUT2D eigenvalue weighted by atomic mass is 16.5. The van der Waals surface area contributed by atoms with Gasteiger partial charge in [-0.3, -0.25) is 14.9 Å². The molecule has 0 saturated carbocycles. The van der Waals surface area contributed by atoms with Gasteiger partial charge in [-0.1, -0.05) is 12.1 Å². The van der Waals surface area contributed by atoms with Crippen molar-refractivity contribution in [3.8, 4) is 11.5 Å². The first-order valence-electron chi connectivity index (χ1n) is 8.83. The summed E-state index contributed by atoms with van der Waals surface area (Å²) in [7, 11) is 1.53. The molecule has 0 amide bonds. The summed E-state index contributed by atoms with van der Waals surface area (Å²) in [5, 5.41) is 19.2. The lowest BCUT2D eigenvalue weighted by molar-refractivity contribution is 0.186. The van der Waals surface area contributed by atoms with Gasteiger partial charge in [0.1, 0.15) is 0 Å². The average molecular weight is 357 g/mol. The molecular formula is C20H27N3O3. The summed E-state index contributed by atoms with van der Waals surface area (Å²) in [6.45, 7) is 3.09. The third-order valence-electron chi connectivity index (χ3n) is 4.02. The highest BCUT2D eigenvalue weighted by molar-refractivity contribution is 5.84. The third-order valence-corrected chi connectivity index (χ3v) is 4.02. The van der Waals surface area contributed by atoms with Crippen molar-refractivity contribution in [3.05, 3.63) is 53.9 Å². The molecular weight excluding hydrogens is 330 g/mol. The molecule has 0 bridgehead atoms. The van der Waals surface area contributed by atoms with E-state index >= 15 is 0 Å². The second kappa shape index (κ2) is 11.2. The molecule has 0 radical (unpaired) electrons. The van der Waals surface area contributed by atoms with Crippen LogP contribution in [0.15, 0.2) is 47.6 Å². The number of phenols is 1.